The molecule has 0 unspecified atom stereocenters. The predicted octanol–water partition coefficient (Wildman–Crippen LogP) is 1.28. The summed E-state index contributed by atoms with van der Waals surface area (Å²) in [4.78, 5) is 6.82. The molecule has 1 heterocycles. The van der Waals surface area contributed by atoms with Crippen LogP contribution in [-0.4, -0.2) is 49.3 Å². The second-order valence-electron chi connectivity index (χ2n) is 4.76. The monoisotopic (exact) mass is 249 g/mol. The number of nitrogens with one attached hydrogen (secondary N) is 1. The number of ether oxygens (including phenoxy) is 1. The topological polar surface area (TPSA) is 37.4 Å². The molecule has 1 aromatic heterocycles. The van der Waals surface area contributed by atoms with Crippen molar-refractivity contribution in [2.24, 2.45) is 0 Å². The van der Waals surface area contributed by atoms with Crippen molar-refractivity contribution in [1.82, 2.24) is 15.2 Å². The number of hydrogen-bond donors (Lipinski definition) is 1. The molecule has 100 valence electrons. The number of pyridine rings is 1. The van der Waals surface area contributed by atoms with Gasteiger partial charge >= 0.3 is 0 Å². The fraction of sp³-hybridized carbons (Fsp3) is 0.643. The standard InChI is InChI=1S/C14H23N3O/c1-18-11-10-17(14-5-6-14)9-8-15-12-13-4-2-3-7-16-13/h2-4,7,14-15H,5-6,8-12H2,1H3. The van der Waals surface area contributed by atoms with E-state index in [0.717, 1.165) is 44.5 Å². The van der Waals surface area contributed by atoms with E-state index < -0.39 is 0 Å². The summed E-state index contributed by atoms with van der Waals surface area (Å²) in [6, 6.07) is 6.83. The predicted molar refractivity (Wildman–Crippen MR) is 72.4 cm³/mol. The van der Waals surface area contributed by atoms with Crippen molar-refractivity contribution in [1.29, 1.82) is 0 Å². The van der Waals surface area contributed by atoms with Crippen LogP contribution in [0.15, 0.2) is 24.4 Å². The van der Waals surface area contributed by atoms with Crippen LogP contribution in [0.3, 0.4) is 0 Å². The SMILES string of the molecule is COCCN(CCNCc1ccccn1)C1CC1. The Morgan fingerprint density at radius 1 is 1.39 bits per heavy atom. The summed E-state index contributed by atoms with van der Waals surface area (Å²) < 4.78 is 5.15. The van der Waals surface area contributed by atoms with E-state index in [1.54, 1.807) is 7.11 Å². The van der Waals surface area contributed by atoms with E-state index >= 15 is 0 Å². The van der Waals surface area contributed by atoms with Crippen LogP contribution < -0.4 is 5.32 Å². The molecule has 0 aromatic carbocycles. The lowest BCUT2D eigenvalue weighted by molar-refractivity contribution is 0.144. The smallest absolute Gasteiger partial charge is 0.0589 e. The summed E-state index contributed by atoms with van der Waals surface area (Å²) in [5.74, 6) is 0. The Morgan fingerprint density at radius 3 is 2.94 bits per heavy atom. The Bertz CT molecular complexity index is 327. The van der Waals surface area contributed by atoms with E-state index in [9.17, 15) is 0 Å². The maximum absolute atomic E-state index is 5.15. The molecule has 0 saturated heterocycles. The average Bonchev–Trinajstić information content (AvgIpc) is 3.23. The molecule has 4 nitrogen and oxygen atoms in total. The first kappa shape index (κ1) is 13.5. The van der Waals surface area contributed by atoms with Crippen LogP contribution in [0.2, 0.25) is 0 Å². The third-order valence-electron chi connectivity index (χ3n) is 3.25. The van der Waals surface area contributed by atoms with Gasteiger partial charge in [0.25, 0.3) is 0 Å². The zero-order valence-electron chi connectivity index (χ0n) is 11.1. The van der Waals surface area contributed by atoms with Crippen molar-refractivity contribution in [3.8, 4) is 0 Å². The van der Waals surface area contributed by atoms with E-state index in [1.807, 2.05) is 18.3 Å². The molecule has 0 amide bonds. The Morgan fingerprint density at radius 2 is 2.28 bits per heavy atom. The highest BCUT2D eigenvalue weighted by Crippen LogP contribution is 2.25. The van der Waals surface area contributed by atoms with Crippen LogP contribution >= 0.6 is 0 Å². The molecule has 0 atom stereocenters. The zero-order chi connectivity index (χ0) is 12.6. The first-order valence-electron chi connectivity index (χ1n) is 6.74. The van der Waals surface area contributed by atoms with Crippen molar-refractivity contribution in [2.75, 3.05) is 33.4 Å². The molecule has 0 spiro atoms. The molecule has 0 bridgehead atoms. The van der Waals surface area contributed by atoms with Gasteiger partial charge in [0.2, 0.25) is 0 Å². The Balaban J connectivity index is 1.61. The van der Waals surface area contributed by atoms with Gasteiger partial charge in [-0.2, -0.15) is 0 Å². The van der Waals surface area contributed by atoms with Gasteiger partial charge in [0, 0.05) is 45.5 Å². The van der Waals surface area contributed by atoms with Gasteiger partial charge < -0.3 is 10.1 Å². The maximum atomic E-state index is 5.15. The minimum absolute atomic E-state index is 0.803. The van der Waals surface area contributed by atoms with Crippen LogP contribution in [0.4, 0.5) is 0 Å². The summed E-state index contributed by atoms with van der Waals surface area (Å²) in [5, 5.41) is 3.45. The van der Waals surface area contributed by atoms with E-state index in [1.165, 1.54) is 12.8 Å². The molecule has 1 aliphatic carbocycles. The molecule has 1 aliphatic rings. The fourth-order valence-corrected chi connectivity index (χ4v) is 2.07. The molecule has 1 N–H and O–H groups in total. The number of hydrogen-bond acceptors (Lipinski definition) is 4. The largest absolute Gasteiger partial charge is 0.383 e. The summed E-state index contributed by atoms with van der Waals surface area (Å²) >= 11 is 0. The maximum Gasteiger partial charge on any atom is 0.0589 e. The van der Waals surface area contributed by atoms with E-state index in [-0.39, 0.29) is 0 Å². The summed E-state index contributed by atoms with van der Waals surface area (Å²) in [6.45, 7) is 4.84. The van der Waals surface area contributed by atoms with Crippen molar-refractivity contribution >= 4 is 0 Å². The number of nitrogens with zero attached hydrogens (tertiary/aromatic N) is 2. The quantitative estimate of drug-likeness (QED) is 0.669. The lowest BCUT2D eigenvalue weighted by Gasteiger charge is -2.21. The van der Waals surface area contributed by atoms with Crippen LogP contribution in [0.5, 0.6) is 0 Å². The van der Waals surface area contributed by atoms with E-state index in [0.29, 0.717) is 0 Å². The van der Waals surface area contributed by atoms with Gasteiger partial charge in [-0.25, -0.2) is 0 Å². The van der Waals surface area contributed by atoms with Crippen LogP contribution in [-0.2, 0) is 11.3 Å². The molecule has 0 aliphatic heterocycles. The van der Waals surface area contributed by atoms with Crippen LogP contribution in [0, 0.1) is 0 Å². The zero-order valence-corrected chi connectivity index (χ0v) is 11.1. The van der Waals surface area contributed by atoms with Gasteiger partial charge in [0.1, 0.15) is 0 Å². The summed E-state index contributed by atoms with van der Waals surface area (Å²) in [6.07, 6.45) is 4.54. The number of aromatic nitrogens is 1. The molecule has 4 heteroatoms. The van der Waals surface area contributed by atoms with Gasteiger partial charge in [0.05, 0.1) is 12.3 Å². The molecule has 1 aromatic rings. The molecule has 1 fully saturated rings. The molecule has 18 heavy (non-hydrogen) atoms. The van der Waals surface area contributed by atoms with Gasteiger partial charge in [-0.1, -0.05) is 6.07 Å². The first-order valence-corrected chi connectivity index (χ1v) is 6.74. The fourth-order valence-electron chi connectivity index (χ4n) is 2.07. The first-order chi connectivity index (χ1) is 8.90. The lowest BCUT2D eigenvalue weighted by atomic mass is 10.3. The van der Waals surface area contributed by atoms with Crippen LogP contribution in [0.25, 0.3) is 0 Å². The van der Waals surface area contributed by atoms with Crippen molar-refractivity contribution in [2.45, 2.75) is 25.4 Å². The highest BCUT2D eigenvalue weighted by atomic mass is 16.5. The second kappa shape index (κ2) is 7.46. The third-order valence-corrected chi connectivity index (χ3v) is 3.25. The van der Waals surface area contributed by atoms with Crippen molar-refractivity contribution in [3.63, 3.8) is 0 Å². The summed E-state index contributed by atoms with van der Waals surface area (Å²) in [5.41, 5.74) is 1.10. The molecular formula is C14H23N3O. The van der Waals surface area contributed by atoms with Crippen molar-refractivity contribution in [3.05, 3.63) is 30.1 Å². The van der Waals surface area contributed by atoms with Gasteiger partial charge in [-0.3, -0.25) is 9.88 Å². The Kier molecular flexibility index (Phi) is 5.58. The second-order valence-corrected chi connectivity index (χ2v) is 4.76. The Labute approximate surface area is 109 Å². The molecular weight excluding hydrogens is 226 g/mol. The summed E-state index contributed by atoms with van der Waals surface area (Å²) in [7, 11) is 1.77. The number of methoxy groups -OCH3 is 1. The van der Waals surface area contributed by atoms with Gasteiger partial charge in [-0.15, -0.1) is 0 Å². The lowest BCUT2D eigenvalue weighted by Crippen LogP contribution is -2.35. The minimum Gasteiger partial charge on any atom is -0.383 e. The van der Waals surface area contributed by atoms with Crippen LogP contribution in [0.1, 0.15) is 18.5 Å². The highest BCUT2D eigenvalue weighted by molar-refractivity contribution is 5.02. The third kappa shape index (κ3) is 4.72. The molecule has 0 radical (unpaired) electrons. The average molecular weight is 249 g/mol. The van der Waals surface area contributed by atoms with Gasteiger partial charge in [-0.05, 0) is 25.0 Å². The van der Waals surface area contributed by atoms with Gasteiger partial charge in [0.15, 0.2) is 0 Å². The van der Waals surface area contributed by atoms with E-state index in [4.69, 9.17) is 4.74 Å². The van der Waals surface area contributed by atoms with Crippen molar-refractivity contribution < 1.29 is 4.74 Å². The minimum atomic E-state index is 0.803. The highest BCUT2D eigenvalue weighted by Gasteiger charge is 2.27. The van der Waals surface area contributed by atoms with E-state index in [2.05, 4.69) is 21.3 Å². The number of rotatable bonds is 9. The molecule has 1 saturated carbocycles. The molecule has 2 rings (SSSR count). The Hall–Kier alpha value is -0.970. The normalized spacial score (nSPS) is 15.2.